The first-order valence-electron chi connectivity index (χ1n) is 7.64. The summed E-state index contributed by atoms with van der Waals surface area (Å²) >= 11 is 0. The minimum absolute atomic E-state index is 0.173. The number of carbonyl (C=O) groups is 1. The second-order valence-electron chi connectivity index (χ2n) is 4.80. The third-order valence-corrected chi connectivity index (χ3v) is 3.34. The van der Waals surface area contributed by atoms with E-state index in [9.17, 15) is 4.79 Å². The number of amides is 1. The van der Waals surface area contributed by atoms with Gasteiger partial charge in [-0.1, -0.05) is 0 Å². The molecule has 0 spiro atoms. The molecule has 0 radical (unpaired) electrons. The highest BCUT2D eigenvalue weighted by Crippen LogP contribution is 1.98. The van der Waals surface area contributed by atoms with E-state index in [4.69, 9.17) is 9.47 Å². The van der Waals surface area contributed by atoms with Crippen LogP contribution in [0.15, 0.2) is 0 Å². The van der Waals surface area contributed by atoms with Crippen LogP contribution in [0.1, 0.15) is 13.8 Å². The maximum absolute atomic E-state index is 12.4. The van der Waals surface area contributed by atoms with Gasteiger partial charge in [0.15, 0.2) is 0 Å². The van der Waals surface area contributed by atoms with E-state index < -0.39 is 0 Å². The van der Waals surface area contributed by atoms with Crippen LogP contribution in [-0.2, 0) is 14.3 Å². The lowest BCUT2D eigenvalue weighted by atomic mass is 10.3. The topological polar surface area (TPSA) is 54.0 Å². The van der Waals surface area contributed by atoms with Crippen LogP contribution < -0.4 is 5.32 Å². The molecule has 20 heavy (non-hydrogen) atoms. The second kappa shape index (κ2) is 11.0. The van der Waals surface area contributed by atoms with Crippen LogP contribution in [0.3, 0.4) is 0 Å². The standard InChI is InChI=1S/C14H29N3O3/c1-3-19-11-9-17(10-12-20-4-2)14(18)13-16-7-5-15-6-8-16/h15H,3-13H2,1-2H3. The van der Waals surface area contributed by atoms with Crippen molar-refractivity contribution in [2.45, 2.75) is 13.8 Å². The molecule has 6 nitrogen and oxygen atoms in total. The molecule has 1 N–H and O–H groups in total. The smallest absolute Gasteiger partial charge is 0.236 e. The average molecular weight is 287 g/mol. The van der Waals surface area contributed by atoms with Gasteiger partial charge >= 0.3 is 0 Å². The third-order valence-electron chi connectivity index (χ3n) is 3.34. The van der Waals surface area contributed by atoms with Crippen molar-refractivity contribution in [1.29, 1.82) is 0 Å². The van der Waals surface area contributed by atoms with E-state index in [2.05, 4.69) is 10.2 Å². The monoisotopic (exact) mass is 287 g/mol. The summed E-state index contributed by atoms with van der Waals surface area (Å²) in [5, 5.41) is 3.29. The molecular weight excluding hydrogens is 258 g/mol. The van der Waals surface area contributed by atoms with Gasteiger partial charge in [0.05, 0.1) is 19.8 Å². The molecule has 1 amide bonds. The number of nitrogens with one attached hydrogen (secondary N) is 1. The maximum atomic E-state index is 12.4. The van der Waals surface area contributed by atoms with Crippen LogP contribution in [0.4, 0.5) is 0 Å². The van der Waals surface area contributed by atoms with Crippen molar-refractivity contribution in [2.75, 3.05) is 72.2 Å². The summed E-state index contributed by atoms with van der Waals surface area (Å²) in [6.45, 7) is 12.1. The molecule has 0 aromatic carbocycles. The van der Waals surface area contributed by atoms with Crippen molar-refractivity contribution in [2.24, 2.45) is 0 Å². The number of hydrogen-bond acceptors (Lipinski definition) is 5. The fraction of sp³-hybridized carbons (Fsp3) is 0.929. The van der Waals surface area contributed by atoms with Crippen LogP contribution in [0.2, 0.25) is 0 Å². The van der Waals surface area contributed by atoms with Crippen LogP contribution in [0.5, 0.6) is 0 Å². The molecule has 6 heteroatoms. The highest BCUT2D eigenvalue weighted by Gasteiger charge is 2.18. The van der Waals surface area contributed by atoms with Crippen molar-refractivity contribution in [1.82, 2.24) is 15.1 Å². The number of nitrogens with zero attached hydrogens (tertiary/aromatic N) is 2. The van der Waals surface area contributed by atoms with Gasteiger partial charge < -0.3 is 19.7 Å². The first-order valence-corrected chi connectivity index (χ1v) is 7.64. The first kappa shape index (κ1) is 17.4. The molecule has 1 fully saturated rings. The Morgan fingerprint density at radius 3 is 2.15 bits per heavy atom. The molecule has 0 atom stereocenters. The molecule has 1 aliphatic rings. The Kier molecular flexibility index (Phi) is 9.57. The zero-order chi connectivity index (χ0) is 14.6. The van der Waals surface area contributed by atoms with E-state index >= 15 is 0 Å². The predicted octanol–water partition coefficient (Wildman–Crippen LogP) is -0.207. The van der Waals surface area contributed by atoms with E-state index in [-0.39, 0.29) is 5.91 Å². The molecule has 0 bridgehead atoms. The highest BCUT2D eigenvalue weighted by atomic mass is 16.5. The van der Waals surface area contributed by atoms with Gasteiger partial charge in [-0.2, -0.15) is 0 Å². The van der Waals surface area contributed by atoms with Crippen LogP contribution in [-0.4, -0.2) is 87.9 Å². The normalized spacial score (nSPS) is 16.3. The first-order chi connectivity index (χ1) is 9.77. The molecule has 1 rings (SSSR count). The lowest BCUT2D eigenvalue weighted by molar-refractivity contribution is -0.134. The minimum Gasteiger partial charge on any atom is -0.380 e. The van der Waals surface area contributed by atoms with Gasteiger partial charge in [-0.3, -0.25) is 9.69 Å². The van der Waals surface area contributed by atoms with Crippen molar-refractivity contribution >= 4 is 5.91 Å². The van der Waals surface area contributed by atoms with Crippen molar-refractivity contribution < 1.29 is 14.3 Å². The van der Waals surface area contributed by atoms with Gasteiger partial charge in [0.1, 0.15) is 0 Å². The average Bonchev–Trinajstić information content (AvgIpc) is 2.47. The third kappa shape index (κ3) is 7.19. The summed E-state index contributed by atoms with van der Waals surface area (Å²) in [7, 11) is 0. The van der Waals surface area contributed by atoms with E-state index in [0.717, 1.165) is 26.2 Å². The van der Waals surface area contributed by atoms with Gasteiger partial charge in [-0.05, 0) is 13.8 Å². The summed E-state index contributed by atoms with van der Waals surface area (Å²) in [5.41, 5.74) is 0. The molecule has 1 heterocycles. The molecular formula is C14H29N3O3. The molecule has 0 aromatic rings. The quantitative estimate of drug-likeness (QED) is 0.564. The van der Waals surface area contributed by atoms with E-state index in [1.807, 2.05) is 18.7 Å². The lowest BCUT2D eigenvalue weighted by Gasteiger charge is -2.30. The Morgan fingerprint density at radius 1 is 1.10 bits per heavy atom. The minimum atomic E-state index is 0.173. The molecule has 1 aliphatic heterocycles. The molecule has 0 aliphatic carbocycles. The molecule has 0 unspecified atom stereocenters. The summed E-state index contributed by atoms with van der Waals surface area (Å²) < 4.78 is 10.7. The van der Waals surface area contributed by atoms with Gasteiger partial charge in [-0.25, -0.2) is 0 Å². The van der Waals surface area contributed by atoms with Gasteiger partial charge in [-0.15, -0.1) is 0 Å². The molecule has 118 valence electrons. The predicted molar refractivity (Wildman–Crippen MR) is 78.9 cm³/mol. The molecule has 0 aromatic heterocycles. The molecule has 0 saturated carbocycles. The summed E-state index contributed by atoms with van der Waals surface area (Å²) in [6.07, 6.45) is 0. The lowest BCUT2D eigenvalue weighted by Crippen LogP contribution is -2.49. The Bertz CT molecular complexity index is 248. The van der Waals surface area contributed by atoms with E-state index in [0.29, 0.717) is 46.1 Å². The van der Waals surface area contributed by atoms with Crippen molar-refractivity contribution in [3.63, 3.8) is 0 Å². The Balaban J connectivity index is 2.35. The number of piperazine rings is 1. The second-order valence-corrected chi connectivity index (χ2v) is 4.80. The summed E-state index contributed by atoms with van der Waals surface area (Å²) in [5.74, 6) is 0.173. The Labute approximate surface area is 122 Å². The van der Waals surface area contributed by atoms with Crippen molar-refractivity contribution in [3.05, 3.63) is 0 Å². The van der Waals surface area contributed by atoms with Gasteiger partial charge in [0.25, 0.3) is 0 Å². The number of hydrogen-bond donors (Lipinski definition) is 1. The fourth-order valence-electron chi connectivity index (χ4n) is 2.16. The fourth-order valence-corrected chi connectivity index (χ4v) is 2.16. The summed E-state index contributed by atoms with van der Waals surface area (Å²) in [6, 6.07) is 0. The van der Waals surface area contributed by atoms with Crippen LogP contribution in [0.25, 0.3) is 0 Å². The van der Waals surface area contributed by atoms with Gasteiger partial charge in [0, 0.05) is 52.5 Å². The SMILES string of the molecule is CCOCCN(CCOCC)C(=O)CN1CCNCC1. The molecule has 1 saturated heterocycles. The number of carbonyl (C=O) groups excluding carboxylic acids is 1. The number of ether oxygens (including phenoxy) is 2. The van der Waals surface area contributed by atoms with Crippen LogP contribution in [0, 0.1) is 0 Å². The zero-order valence-electron chi connectivity index (χ0n) is 12.9. The Hall–Kier alpha value is -0.690. The number of rotatable bonds is 10. The largest absolute Gasteiger partial charge is 0.380 e. The maximum Gasteiger partial charge on any atom is 0.236 e. The Morgan fingerprint density at radius 2 is 1.65 bits per heavy atom. The van der Waals surface area contributed by atoms with Crippen molar-refractivity contribution in [3.8, 4) is 0 Å². The highest BCUT2D eigenvalue weighted by molar-refractivity contribution is 5.78. The summed E-state index contributed by atoms with van der Waals surface area (Å²) in [4.78, 5) is 16.4. The van der Waals surface area contributed by atoms with Gasteiger partial charge in [0.2, 0.25) is 5.91 Å². The van der Waals surface area contributed by atoms with Crippen LogP contribution >= 0.6 is 0 Å². The van der Waals surface area contributed by atoms with E-state index in [1.165, 1.54) is 0 Å². The zero-order valence-corrected chi connectivity index (χ0v) is 12.9. The van der Waals surface area contributed by atoms with E-state index in [1.54, 1.807) is 0 Å².